The monoisotopic (exact) mass is 858 g/mol. The minimum atomic E-state index is -0.559. The van der Waals surface area contributed by atoms with Gasteiger partial charge >= 0.3 is 11.9 Å². The van der Waals surface area contributed by atoms with Gasteiger partial charge in [0.2, 0.25) is 0 Å². The first kappa shape index (κ1) is 45.7. The van der Waals surface area contributed by atoms with E-state index >= 15 is 0 Å². The Bertz CT molecular complexity index is 2460. The van der Waals surface area contributed by atoms with E-state index in [1.165, 1.54) is 12.4 Å². The topological polar surface area (TPSA) is 119 Å². The molecule has 2 N–H and O–H groups in total. The van der Waals surface area contributed by atoms with Crippen LogP contribution in [-0.2, 0) is 47.3 Å². The lowest BCUT2D eigenvalue weighted by Gasteiger charge is -2.28. The Morgan fingerprint density at radius 3 is 0.906 bits per heavy atom. The van der Waals surface area contributed by atoms with Crippen molar-refractivity contribution in [1.82, 2.24) is 9.97 Å². The maximum atomic E-state index is 14.0. The lowest BCUT2D eigenvalue weighted by atomic mass is 9.79. The first-order valence-corrected chi connectivity index (χ1v) is 22.1. The molecule has 332 valence electrons. The average molecular weight is 859 g/mol. The second-order valence-electron chi connectivity index (χ2n) is 21.5. The molecule has 1 aliphatic carbocycles. The van der Waals surface area contributed by atoms with Crippen LogP contribution in [-0.4, -0.2) is 32.1 Å². The summed E-state index contributed by atoms with van der Waals surface area (Å²) in [6.07, 6.45) is 7.10. The van der Waals surface area contributed by atoms with Crippen LogP contribution in [0.3, 0.4) is 0 Å². The Hall–Kier alpha value is -6.28. The summed E-state index contributed by atoms with van der Waals surface area (Å²) >= 11 is 0. The second kappa shape index (κ2) is 17.0. The number of aromatic nitrogens is 2. The van der Waals surface area contributed by atoms with Crippen molar-refractivity contribution in [2.24, 2.45) is 0 Å². The fourth-order valence-electron chi connectivity index (χ4n) is 8.18. The van der Waals surface area contributed by atoms with Crippen LogP contribution in [0.2, 0.25) is 0 Å². The average Bonchev–Trinajstić information content (AvgIpc) is 3.21. The number of hydrogen-bond donors (Lipinski definition) is 2. The maximum absolute atomic E-state index is 14.0. The van der Waals surface area contributed by atoms with Crippen LogP contribution in [0.1, 0.15) is 171 Å². The van der Waals surface area contributed by atoms with Crippen molar-refractivity contribution in [3.8, 4) is 23.0 Å². The molecule has 7 rings (SSSR count). The van der Waals surface area contributed by atoms with Gasteiger partial charge in [0.05, 0.1) is 11.1 Å². The van der Waals surface area contributed by atoms with Gasteiger partial charge in [-0.25, -0.2) is 9.59 Å². The lowest BCUT2D eigenvalue weighted by molar-refractivity contribution is 0.0722. The summed E-state index contributed by atoms with van der Waals surface area (Å²) in [5.41, 5.74) is 8.90. The molecule has 0 saturated heterocycles. The zero-order chi connectivity index (χ0) is 46.5. The number of phenolic OH excluding ortho intramolecular Hbond substituents is 2. The van der Waals surface area contributed by atoms with Crippen LogP contribution in [0.25, 0.3) is 0 Å². The highest BCUT2D eigenvalue weighted by atomic mass is 16.5. The lowest BCUT2D eigenvalue weighted by Crippen LogP contribution is -2.18. The van der Waals surface area contributed by atoms with Gasteiger partial charge in [0.15, 0.2) is 0 Å². The number of hydrogen-bond acceptors (Lipinski definition) is 8. The van der Waals surface area contributed by atoms with Crippen molar-refractivity contribution < 1.29 is 29.3 Å². The molecular formula is C56H62N2O6. The van der Waals surface area contributed by atoms with Crippen molar-refractivity contribution in [3.63, 3.8) is 0 Å². The van der Waals surface area contributed by atoms with Crippen molar-refractivity contribution in [3.05, 3.63) is 175 Å². The highest BCUT2D eigenvalue weighted by molar-refractivity contribution is 5.91. The molecule has 4 aromatic carbocycles. The van der Waals surface area contributed by atoms with Gasteiger partial charge in [-0.15, -0.1) is 0 Å². The third kappa shape index (κ3) is 9.91. The summed E-state index contributed by atoms with van der Waals surface area (Å²) in [6, 6.07) is 23.2. The molecule has 0 aliphatic heterocycles. The molecule has 2 heterocycles. The predicted octanol–water partition coefficient (Wildman–Crippen LogP) is 12.2. The van der Waals surface area contributed by atoms with Gasteiger partial charge in [0.1, 0.15) is 23.0 Å². The molecule has 8 heteroatoms. The minimum Gasteiger partial charge on any atom is -0.507 e. The van der Waals surface area contributed by atoms with Gasteiger partial charge in [-0.05, 0) is 90.4 Å². The van der Waals surface area contributed by atoms with E-state index in [-0.39, 0.29) is 58.8 Å². The number of carbonyl (C=O) groups excluding carboxylic acids is 2. The van der Waals surface area contributed by atoms with Gasteiger partial charge in [-0.3, -0.25) is 9.97 Å². The van der Waals surface area contributed by atoms with Crippen LogP contribution in [0.15, 0.2) is 97.6 Å². The molecule has 6 aromatic rings. The fourth-order valence-corrected chi connectivity index (χ4v) is 8.18. The summed E-state index contributed by atoms with van der Waals surface area (Å²) in [4.78, 5) is 36.5. The van der Waals surface area contributed by atoms with E-state index in [1.807, 2.05) is 24.3 Å². The van der Waals surface area contributed by atoms with E-state index in [2.05, 4.69) is 117 Å². The summed E-state index contributed by atoms with van der Waals surface area (Å²) in [7, 11) is 0. The zero-order valence-electron chi connectivity index (χ0n) is 39.5. The first-order chi connectivity index (χ1) is 29.9. The van der Waals surface area contributed by atoms with Crippen LogP contribution >= 0.6 is 0 Å². The summed E-state index contributed by atoms with van der Waals surface area (Å²) in [5.74, 6) is -0.145. The van der Waals surface area contributed by atoms with Crippen LogP contribution in [0, 0.1) is 0 Å². The number of benzene rings is 4. The maximum Gasteiger partial charge on any atom is 0.345 e. The number of phenols is 2. The number of rotatable bonds is 4. The van der Waals surface area contributed by atoms with Gasteiger partial charge in [-0.1, -0.05) is 132 Å². The van der Waals surface area contributed by atoms with Crippen LogP contribution < -0.4 is 9.47 Å². The van der Waals surface area contributed by atoms with Gasteiger partial charge < -0.3 is 19.7 Å². The number of carbonyl (C=O) groups is 2. The highest BCUT2D eigenvalue weighted by Crippen LogP contribution is 2.44. The van der Waals surface area contributed by atoms with Crippen LogP contribution in [0.4, 0.5) is 0 Å². The third-order valence-electron chi connectivity index (χ3n) is 12.2. The SMILES string of the molecule is CC(C)(C)c1cc2c(O)c(c1)Cc1cc(C(C)(C)C)cc(c1OC(=O)c1cccnc1)Cc1cc(C(C)(C)C)cc(c1O)Cc1cc(C(C)(C)C)cc(c1OC(=O)c1cccnc1)C2. The Morgan fingerprint density at radius 2 is 0.688 bits per heavy atom. The van der Waals surface area contributed by atoms with Gasteiger partial charge in [0.25, 0.3) is 0 Å². The van der Waals surface area contributed by atoms with E-state index in [0.29, 0.717) is 67.1 Å². The molecule has 0 amide bonds. The van der Waals surface area contributed by atoms with Crippen molar-refractivity contribution >= 4 is 11.9 Å². The van der Waals surface area contributed by atoms with Crippen molar-refractivity contribution in [2.75, 3.05) is 0 Å². The second-order valence-corrected chi connectivity index (χ2v) is 21.5. The van der Waals surface area contributed by atoms with E-state index in [9.17, 15) is 19.8 Å². The van der Waals surface area contributed by atoms with E-state index in [1.54, 1.807) is 36.7 Å². The fraction of sp³-hybridized carbons (Fsp3) is 0.357. The number of ether oxygens (including phenoxy) is 2. The summed E-state index contributed by atoms with van der Waals surface area (Å²) < 4.78 is 12.9. The summed E-state index contributed by atoms with van der Waals surface area (Å²) in [5, 5.41) is 25.1. The standard InChI is InChI=1S/C56H62N2O6/c1-53(2,3)43-23-35-19-39-27-45(55(7,8)9)29-41(49(39)63-51(61)33-15-13-17-57-31-33)21-37-25-44(54(4,5)6)26-38(48(37)60)22-42-30-46(56(10,11)12)28-40(20-36(24-43)47(35)59)50(42)64-52(62)34-16-14-18-58-32-34/h13-18,23-32,59-60H,19-22H2,1-12H3. The van der Waals surface area contributed by atoms with E-state index in [0.717, 1.165) is 22.3 Å². The molecule has 0 fully saturated rings. The molecule has 8 bridgehead atoms. The van der Waals surface area contributed by atoms with Gasteiger partial charge in [-0.2, -0.15) is 0 Å². The predicted molar refractivity (Wildman–Crippen MR) is 254 cm³/mol. The molecule has 0 spiro atoms. The first-order valence-electron chi connectivity index (χ1n) is 22.1. The molecule has 2 aromatic heterocycles. The van der Waals surface area contributed by atoms with E-state index < -0.39 is 11.9 Å². The quantitative estimate of drug-likeness (QED) is 0.133. The normalized spacial score (nSPS) is 13.3. The van der Waals surface area contributed by atoms with Crippen molar-refractivity contribution in [2.45, 2.75) is 130 Å². The molecule has 0 atom stereocenters. The zero-order valence-corrected chi connectivity index (χ0v) is 39.5. The highest BCUT2D eigenvalue weighted by Gasteiger charge is 2.30. The smallest absolute Gasteiger partial charge is 0.345 e. The minimum absolute atomic E-state index is 0.109. The molecular weight excluding hydrogens is 797 g/mol. The van der Waals surface area contributed by atoms with Gasteiger partial charge in [0, 0.05) is 72.7 Å². The molecule has 64 heavy (non-hydrogen) atoms. The largest absolute Gasteiger partial charge is 0.507 e. The molecule has 0 saturated carbocycles. The Morgan fingerprint density at radius 1 is 0.438 bits per heavy atom. The molecule has 1 aliphatic rings. The Balaban J connectivity index is 1.58. The Kier molecular flexibility index (Phi) is 12.2. The number of aromatic hydroxyl groups is 2. The number of nitrogens with zero attached hydrogens (tertiary/aromatic N) is 2. The number of fused-ring (bicyclic) bond motifs is 8. The van der Waals surface area contributed by atoms with Crippen molar-refractivity contribution in [1.29, 1.82) is 0 Å². The number of pyridine rings is 2. The number of esters is 2. The van der Waals surface area contributed by atoms with E-state index in [4.69, 9.17) is 9.47 Å². The Labute approximate surface area is 378 Å². The summed E-state index contributed by atoms with van der Waals surface area (Å²) in [6.45, 7) is 25.7. The molecule has 8 nitrogen and oxygen atoms in total. The molecule has 0 radical (unpaired) electrons. The third-order valence-corrected chi connectivity index (χ3v) is 12.2. The van der Waals surface area contributed by atoms with Crippen LogP contribution in [0.5, 0.6) is 23.0 Å². The molecule has 0 unspecified atom stereocenters.